The van der Waals surface area contributed by atoms with E-state index in [-0.39, 0.29) is 5.91 Å². The number of thioether (sulfide) groups is 1. The molecule has 2 heterocycles. The fourth-order valence-corrected chi connectivity index (χ4v) is 3.35. The van der Waals surface area contributed by atoms with Gasteiger partial charge in [-0.05, 0) is 12.5 Å². The first-order chi connectivity index (χ1) is 10.2. The van der Waals surface area contributed by atoms with E-state index in [2.05, 4.69) is 34.9 Å². The van der Waals surface area contributed by atoms with Crippen molar-refractivity contribution < 1.29 is 4.79 Å². The number of para-hydroxylation sites is 1. The van der Waals surface area contributed by atoms with Crippen molar-refractivity contribution in [2.75, 3.05) is 5.75 Å². The van der Waals surface area contributed by atoms with E-state index in [4.69, 9.17) is 12.2 Å². The second kappa shape index (κ2) is 5.99. The molecule has 0 N–H and O–H groups in total. The Hall–Kier alpha value is -1.66. The molecule has 108 valence electrons. The van der Waals surface area contributed by atoms with Crippen molar-refractivity contribution in [1.29, 1.82) is 0 Å². The summed E-state index contributed by atoms with van der Waals surface area (Å²) in [6.07, 6.45) is 4.87. The molecule has 0 unspecified atom stereocenters. The Morgan fingerprint density at radius 2 is 2.24 bits per heavy atom. The number of hydrazone groups is 1. The standard InChI is InChI=1S/C15H15N3OS2/c1-2-7-17-9-11(12-5-3-4-6-13(12)17)8-16-18-14(19)10-21-15(18)20/h3-6,8-9H,2,7,10H2,1H3/b16-8-. The second-order valence-electron chi connectivity index (χ2n) is 4.80. The molecule has 0 atom stereocenters. The summed E-state index contributed by atoms with van der Waals surface area (Å²) in [6.45, 7) is 3.12. The lowest BCUT2D eigenvalue weighted by Gasteiger charge is -2.05. The van der Waals surface area contributed by atoms with E-state index < -0.39 is 0 Å². The number of rotatable bonds is 4. The molecule has 21 heavy (non-hydrogen) atoms. The zero-order valence-electron chi connectivity index (χ0n) is 11.7. The van der Waals surface area contributed by atoms with Crippen LogP contribution >= 0.6 is 24.0 Å². The van der Waals surface area contributed by atoms with Crippen molar-refractivity contribution in [3.8, 4) is 0 Å². The van der Waals surface area contributed by atoms with E-state index in [1.165, 1.54) is 22.3 Å². The maximum atomic E-state index is 11.7. The molecule has 6 heteroatoms. The zero-order valence-corrected chi connectivity index (χ0v) is 13.3. The van der Waals surface area contributed by atoms with Gasteiger partial charge in [-0.2, -0.15) is 10.1 Å². The monoisotopic (exact) mass is 317 g/mol. The maximum absolute atomic E-state index is 11.7. The van der Waals surface area contributed by atoms with Crippen molar-refractivity contribution in [1.82, 2.24) is 9.58 Å². The van der Waals surface area contributed by atoms with Crippen molar-refractivity contribution in [3.63, 3.8) is 0 Å². The minimum absolute atomic E-state index is 0.0569. The summed E-state index contributed by atoms with van der Waals surface area (Å²) in [6, 6.07) is 8.22. The molecule has 1 fully saturated rings. The van der Waals surface area contributed by atoms with Crippen LogP contribution in [0.5, 0.6) is 0 Å². The Kier molecular flexibility index (Phi) is 4.07. The minimum Gasteiger partial charge on any atom is -0.347 e. The summed E-state index contributed by atoms with van der Waals surface area (Å²) < 4.78 is 2.74. The number of aromatic nitrogens is 1. The predicted octanol–water partition coefficient (Wildman–Crippen LogP) is 3.25. The molecule has 1 amide bonds. The van der Waals surface area contributed by atoms with E-state index >= 15 is 0 Å². The first-order valence-electron chi connectivity index (χ1n) is 6.82. The quantitative estimate of drug-likeness (QED) is 0.642. The molecular formula is C15H15N3OS2. The maximum Gasteiger partial charge on any atom is 0.259 e. The lowest BCUT2D eigenvalue weighted by atomic mass is 10.2. The summed E-state index contributed by atoms with van der Waals surface area (Å²) in [5, 5.41) is 6.71. The van der Waals surface area contributed by atoms with E-state index in [0.717, 1.165) is 23.9 Å². The van der Waals surface area contributed by atoms with Gasteiger partial charge in [-0.25, -0.2) is 0 Å². The fraction of sp³-hybridized carbons (Fsp3) is 0.267. The molecule has 1 aromatic carbocycles. The number of benzene rings is 1. The van der Waals surface area contributed by atoms with Crippen LogP contribution in [-0.2, 0) is 11.3 Å². The largest absolute Gasteiger partial charge is 0.347 e. The van der Waals surface area contributed by atoms with E-state index in [9.17, 15) is 4.79 Å². The Balaban J connectivity index is 1.97. The lowest BCUT2D eigenvalue weighted by molar-refractivity contribution is -0.123. The molecule has 0 radical (unpaired) electrons. The molecule has 0 bridgehead atoms. The van der Waals surface area contributed by atoms with E-state index in [1.54, 1.807) is 6.21 Å². The molecule has 1 aromatic heterocycles. The topological polar surface area (TPSA) is 37.6 Å². The number of nitrogens with zero attached hydrogens (tertiary/aromatic N) is 3. The van der Waals surface area contributed by atoms with Gasteiger partial charge in [-0.15, -0.1) is 0 Å². The number of hydrogen-bond acceptors (Lipinski definition) is 4. The van der Waals surface area contributed by atoms with Crippen LogP contribution in [0.4, 0.5) is 0 Å². The normalized spacial score (nSPS) is 15.8. The summed E-state index contributed by atoms with van der Waals surface area (Å²) in [4.78, 5) is 11.7. The first-order valence-corrected chi connectivity index (χ1v) is 8.21. The van der Waals surface area contributed by atoms with Gasteiger partial charge in [0.15, 0.2) is 4.32 Å². The number of hydrogen-bond donors (Lipinski definition) is 0. The minimum atomic E-state index is -0.0569. The predicted molar refractivity (Wildman–Crippen MR) is 91.7 cm³/mol. The van der Waals surface area contributed by atoms with Gasteiger partial charge in [0.1, 0.15) is 0 Å². The van der Waals surface area contributed by atoms with E-state index in [0.29, 0.717) is 10.1 Å². The first kappa shape index (κ1) is 14.3. The number of thiocarbonyl (C=S) groups is 1. The van der Waals surface area contributed by atoms with Crippen LogP contribution in [0, 0.1) is 0 Å². The smallest absolute Gasteiger partial charge is 0.259 e. The Morgan fingerprint density at radius 3 is 2.95 bits per heavy atom. The average Bonchev–Trinajstić information content (AvgIpc) is 3.00. The molecule has 2 aromatic rings. The van der Waals surface area contributed by atoms with Gasteiger partial charge in [-0.3, -0.25) is 4.79 Å². The Labute approximate surface area is 132 Å². The van der Waals surface area contributed by atoms with Crippen LogP contribution in [0.15, 0.2) is 35.6 Å². The SMILES string of the molecule is CCCn1cc(/C=N\N2C(=O)CSC2=S)c2ccccc21. The van der Waals surface area contributed by atoms with Crippen LogP contribution in [0.3, 0.4) is 0 Å². The highest BCUT2D eigenvalue weighted by molar-refractivity contribution is 8.23. The lowest BCUT2D eigenvalue weighted by Crippen LogP contribution is -2.22. The summed E-state index contributed by atoms with van der Waals surface area (Å²) >= 11 is 6.48. The third-order valence-electron chi connectivity index (χ3n) is 3.32. The van der Waals surface area contributed by atoms with Crippen LogP contribution in [0.25, 0.3) is 10.9 Å². The number of amides is 1. The van der Waals surface area contributed by atoms with Crippen molar-refractivity contribution >= 4 is 51.3 Å². The number of fused-ring (bicyclic) bond motifs is 1. The van der Waals surface area contributed by atoms with Crippen LogP contribution < -0.4 is 0 Å². The molecule has 1 aliphatic heterocycles. The van der Waals surface area contributed by atoms with Gasteiger partial charge in [0, 0.05) is 29.2 Å². The highest BCUT2D eigenvalue weighted by atomic mass is 32.2. The Bertz CT molecular complexity index is 720. The van der Waals surface area contributed by atoms with E-state index in [1.807, 2.05) is 12.1 Å². The highest BCUT2D eigenvalue weighted by Gasteiger charge is 2.26. The third kappa shape index (κ3) is 2.73. The average molecular weight is 317 g/mol. The number of carbonyl (C=O) groups excluding carboxylic acids is 1. The molecule has 4 nitrogen and oxygen atoms in total. The van der Waals surface area contributed by atoms with Crippen LogP contribution in [0.2, 0.25) is 0 Å². The molecule has 0 aliphatic carbocycles. The Morgan fingerprint density at radius 1 is 1.43 bits per heavy atom. The van der Waals surface area contributed by atoms with Crippen molar-refractivity contribution in [3.05, 3.63) is 36.0 Å². The van der Waals surface area contributed by atoms with Gasteiger partial charge in [-0.1, -0.05) is 49.1 Å². The summed E-state index contributed by atoms with van der Waals surface area (Å²) in [7, 11) is 0. The molecular weight excluding hydrogens is 302 g/mol. The van der Waals surface area contributed by atoms with Crippen molar-refractivity contribution in [2.45, 2.75) is 19.9 Å². The van der Waals surface area contributed by atoms with Gasteiger partial charge >= 0.3 is 0 Å². The van der Waals surface area contributed by atoms with Crippen LogP contribution in [-0.4, -0.2) is 31.8 Å². The second-order valence-corrected chi connectivity index (χ2v) is 6.41. The molecule has 0 saturated carbocycles. The van der Waals surface area contributed by atoms with Crippen LogP contribution in [0.1, 0.15) is 18.9 Å². The third-order valence-corrected chi connectivity index (χ3v) is 4.66. The van der Waals surface area contributed by atoms with Gasteiger partial charge in [0.05, 0.1) is 12.0 Å². The molecule has 1 aliphatic rings. The number of carbonyl (C=O) groups is 1. The zero-order chi connectivity index (χ0) is 14.8. The molecule has 1 saturated heterocycles. The van der Waals surface area contributed by atoms with Gasteiger partial charge in [0.2, 0.25) is 0 Å². The highest BCUT2D eigenvalue weighted by Crippen LogP contribution is 2.22. The van der Waals surface area contributed by atoms with Crippen molar-refractivity contribution in [2.24, 2.45) is 5.10 Å². The molecule has 0 spiro atoms. The molecule has 3 rings (SSSR count). The summed E-state index contributed by atoms with van der Waals surface area (Å²) in [5.74, 6) is 0.326. The fourth-order valence-electron chi connectivity index (χ4n) is 2.38. The van der Waals surface area contributed by atoms with Gasteiger partial charge < -0.3 is 4.57 Å². The van der Waals surface area contributed by atoms with Gasteiger partial charge in [0.25, 0.3) is 5.91 Å². The summed E-state index contributed by atoms with van der Waals surface area (Å²) in [5.41, 5.74) is 2.19. The number of aryl methyl sites for hydroxylation is 1.